The van der Waals surface area contributed by atoms with Gasteiger partial charge in [0.05, 0.1) is 20.1 Å². The molecule has 2 N–H and O–H groups in total. The third-order valence-corrected chi connectivity index (χ3v) is 5.20. The molecule has 9 nitrogen and oxygen atoms in total. The van der Waals surface area contributed by atoms with Crippen molar-refractivity contribution in [2.24, 2.45) is 5.92 Å². The Morgan fingerprint density at radius 2 is 1.75 bits per heavy atom. The van der Waals surface area contributed by atoms with Crippen molar-refractivity contribution in [3.63, 3.8) is 0 Å². The average Bonchev–Trinajstić information content (AvgIpc) is 3.19. The Hall–Kier alpha value is -3.75. The molecular formula is C23H27N3O6. The van der Waals surface area contributed by atoms with E-state index in [0.29, 0.717) is 22.9 Å². The van der Waals surface area contributed by atoms with Gasteiger partial charge in [-0.05, 0) is 43.2 Å². The van der Waals surface area contributed by atoms with Crippen molar-refractivity contribution in [2.75, 3.05) is 32.3 Å². The van der Waals surface area contributed by atoms with Gasteiger partial charge in [0.1, 0.15) is 5.75 Å². The van der Waals surface area contributed by atoms with Crippen LogP contribution in [0.4, 0.5) is 5.69 Å². The summed E-state index contributed by atoms with van der Waals surface area (Å²) in [6.45, 7) is 3.76. The van der Waals surface area contributed by atoms with Crippen LogP contribution >= 0.6 is 0 Å². The highest BCUT2D eigenvalue weighted by Crippen LogP contribution is 2.34. The van der Waals surface area contributed by atoms with E-state index in [4.69, 9.17) is 14.2 Å². The summed E-state index contributed by atoms with van der Waals surface area (Å²) in [5.41, 5.74) is 7.25. The molecule has 1 saturated heterocycles. The summed E-state index contributed by atoms with van der Waals surface area (Å²) in [5.74, 6) is -0.0947. The number of nitrogens with zero attached hydrogens (tertiary/aromatic N) is 1. The van der Waals surface area contributed by atoms with Crippen molar-refractivity contribution < 1.29 is 28.6 Å². The number of carbonyl (C=O) groups is 3. The van der Waals surface area contributed by atoms with Crippen LogP contribution in [0.15, 0.2) is 36.4 Å². The van der Waals surface area contributed by atoms with Crippen molar-refractivity contribution in [3.05, 3.63) is 47.5 Å². The molecule has 1 aliphatic rings. The molecule has 170 valence electrons. The molecule has 9 heteroatoms. The van der Waals surface area contributed by atoms with Gasteiger partial charge in [0.25, 0.3) is 5.91 Å². The van der Waals surface area contributed by atoms with Crippen molar-refractivity contribution in [2.45, 2.75) is 20.3 Å². The molecule has 1 atom stereocenters. The number of hydrogen-bond donors (Lipinski definition) is 2. The van der Waals surface area contributed by atoms with E-state index in [1.165, 1.54) is 19.1 Å². The van der Waals surface area contributed by atoms with Crippen LogP contribution in [0.25, 0.3) is 0 Å². The Bertz CT molecular complexity index is 1020. The molecule has 0 spiro atoms. The van der Waals surface area contributed by atoms with Gasteiger partial charge in [0, 0.05) is 24.7 Å². The van der Waals surface area contributed by atoms with Gasteiger partial charge in [-0.3, -0.25) is 25.2 Å². The monoisotopic (exact) mass is 441 g/mol. The maximum atomic E-state index is 12.5. The Morgan fingerprint density at radius 3 is 2.47 bits per heavy atom. The Kier molecular flexibility index (Phi) is 7.19. The third-order valence-electron chi connectivity index (χ3n) is 5.20. The predicted molar refractivity (Wildman–Crippen MR) is 118 cm³/mol. The van der Waals surface area contributed by atoms with E-state index in [-0.39, 0.29) is 25.5 Å². The van der Waals surface area contributed by atoms with Gasteiger partial charge >= 0.3 is 0 Å². The van der Waals surface area contributed by atoms with Gasteiger partial charge in [-0.15, -0.1) is 0 Å². The number of hydrazine groups is 1. The van der Waals surface area contributed by atoms with Crippen LogP contribution in [0.2, 0.25) is 0 Å². The van der Waals surface area contributed by atoms with Crippen LogP contribution in [-0.2, 0) is 14.4 Å². The predicted octanol–water partition coefficient (Wildman–Crippen LogP) is 1.90. The summed E-state index contributed by atoms with van der Waals surface area (Å²) in [7, 11) is 3.04. The fourth-order valence-electron chi connectivity index (χ4n) is 3.40. The summed E-state index contributed by atoms with van der Waals surface area (Å²) in [6.07, 6.45) is 0.0367. The number of benzene rings is 2. The summed E-state index contributed by atoms with van der Waals surface area (Å²) >= 11 is 0. The topological polar surface area (TPSA) is 106 Å². The van der Waals surface area contributed by atoms with Crippen LogP contribution < -0.4 is 30.0 Å². The number of methoxy groups -OCH3 is 2. The maximum absolute atomic E-state index is 12.5. The molecule has 1 fully saturated rings. The highest BCUT2D eigenvalue weighted by Gasteiger charge is 2.35. The van der Waals surface area contributed by atoms with E-state index >= 15 is 0 Å². The summed E-state index contributed by atoms with van der Waals surface area (Å²) < 4.78 is 16.0. The van der Waals surface area contributed by atoms with Crippen LogP contribution in [0.1, 0.15) is 17.5 Å². The number of anilines is 1. The van der Waals surface area contributed by atoms with E-state index in [9.17, 15) is 14.4 Å². The van der Waals surface area contributed by atoms with Crippen molar-refractivity contribution in [1.29, 1.82) is 0 Å². The van der Waals surface area contributed by atoms with Gasteiger partial charge in [-0.25, -0.2) is 0 Å². The summed E-state index contributed by atoms with van der Waals surface area (Å²) in [4.78, 5) is 38.5. The Balaban J connectivity index is 1.52. The lowest BCUT2D eigenvalue weighted by Crippen LogP contribution is -2.46. The van der Waals surface area contributed by atoms with E-state index < -0.39 is 17.7 Å². The first-order chi connectivity index (χ1) is 15.3. The normalized spacial score (nSPS) is 15.3. The first-order valence-corrected chi connectivity index (χ1v) is 10.1. The van der Waals surface area contributed by atoms with Crippen molar-refractivity contribution >= 4 is 23.4 Å². The first-order valence-electron chi connectivity index (χ1n) is 10.1. The zero-order chi connectivity index (χ0) is 23.3. The van der Waals surface area contributed by atoms with E-state index in [1.807, 2.05) is 32.0 Å². The molecule has 3 amide bonds. The number of aryl methyl sites for hydroxylation is 2. The minimum Gasteiger partial charge on any atom is -0.493 e. The van der Waals surface area contributed by atoms with Crippen LogP contribution in [-0.4, -0.2) is 45.1 Å². The third kappa shape index (κ3) is 5.29. The Morgan fingerprint density at radius 1 is 1.00 bits per heavy atom. The lowest BCUT2D eigenvalue weighted by atomic mass is 10.1. The number of ether oxygens (including phenoxy) is 3. The van der Waals surface area contributed by atoms with Gasteiger partial charge in [-0.2, -0.15) is 0 Å². The molecule has 0 aliphatic carbocycles. The SMILES string of the molecule is COc1ccc(N2CC(C(=O)NNC(=O)COc3cc(C)ccc3C)CC2=O)cc1OC. The Labute approximate surface area is 186 Å². The highest BCUT2D eigenvalue weighted by molar-refractivity contribution is 6.00. The fraction of sp³-hybridized carbons (Fsp3) is 0.348. The quantitative estimate of drug-likeness (QED) is 0.636. The number of nitrogens with one attached hydrogen (secondary N) is 2. The molecule has 0 saturated carbocycles. The lowest BCUT2D eigenvalue weighted by molar-refractivity contribution is -0.132. The molecule has 3 rings (SSSR count). The zero-order valence-corrected chi connectivity index (χ0v) is 18.6. The van der Waals surface area contributed by atoms with E-state index in [0.717, 1.165) is 11.1 Å². The standard InChI is InChI=1S/C23H27N3O6/c1-14-5-6-15(2)19(9-14)32-13-21(27)24-25-23(29)16-10-22(28)26(12-16)17-7-8-18(30-3)20(11-17)31-4/h5-9,11,16H,10,12-13H2,1-4H3,(H,24,27)(H,25,29). The molecular weight excluding hydrogens is 414 g/mol. The molecule has 0 radical (unpaired) electrons. The van der Waals surface area contributed by atoms with E-state index in [1.54, 1.807) is 18.2 Å². The second-order valence-corrected chi connectivity index (χ2v) is 7.54. The minimum atomic E-state index is -0.601. The van der Waals surface area contributed by atoms with Gasteiger partial charge in [-0.1, -0.05) is 12.1 Å². The van der Waals surface area contributed by atoms with Crippen LogP contribution in [0, 0.1) is 19.8 Å². The van der Waals surface area contributed by atoms with Crippen LogP contribution in [0.3, 0.4) is 0 Å². The first kappa shape index (κ1) is 22.9. The molecule has 32 heavy (non-hydrogen) atoms. The van der Waals surface area contributed by atoms with Crippen molar-refractivity contribution in [1.82, 2.24) is 10.9 Å². The second kappa shape index (κ2) is 10.0. The number of amides is 3. The summed E-state index contributed by atoms with van der Waals surface area (Å²) in [6, 6.07) is 10.8. The molecule has 1 unspecified atom stereocenters. The zero-order valence-electron chi connectivity index (χ0n) is 18.6. The van der Waals surface area contributed by atoms with Crippen molar-refractivity contribution in [3.8, 4) is 17.2 Å². The molecule has 0 bridgehead atoms. The molecule has 0 aromatic heterocycles. The molecule has 2 aromatic rings. The van der Waals surface area contributed by atoms with Gasteiger partial charge in [0.2, 0.25) is 11.8 Å². The fourth-order valence-corrected chi connectivity index (χ4v) is 3.40. The summed E-state index contributed by atoms with van der Waals surface area (Å²) in [5, 5.41) is 0. The van der Waals surface area contributed by atoms with E-state index in [2.05, 4.69) is 10.9 Å². The van der Waals surface area contributed by atoms with Gasteiger partial charge < -0.3 is 19.1 Å². The average molecular weight is 441 g/mol. The largest absolute Gasteiger partial charge is 0.493 e. The number of carbonyl (C=O) groups excluding carboxylic acids is 3. The highest BCUT2D eigenvalue weighted by atomic mass is 16.5. The molecule has 1 heterocycles. The smallest absolute Gasteiger partial charge is 0.276 e. The molecule has 1 aliphatic heterocycles. The number of hydrogen-bond acceptors (Lipinski definition) is 6. The molecule has 2 aromatic carbocycles. The minimum absolute atomic E-state index is 0.0367. The maximum Gasteiger partial charge on any atom is 0.276 e. The number of rotatable bonds is 7. The second-order valence-electron chi connectivity index (χ2n) is 7.54. The van der Waals surface area contributed by atoms with Gasteiger partial charge in [0.15, 0.2) is 18.1 Å². The lowest BCUT2D eigenvalue weighted by Gasteiger charge is -2.18. The van der Waals surface area contributed by atoms with Crippen LogP contribution in [0.5, 0.6) is 17.2 Å².